The zero-order valence-corrected chi connectivity index (χ0v) is 15.2. The highest BCUT2D eigenvalue weighted by Gasteiger charge is 2.26. The van der Waals surface area contributed by atoms with Crippen molar-refractivity contribution in [3.05, 3.63) is 47.2 Å². The van der Waals surface area contributed by atoms with Crippen LogP contribution in [0.4, 0.5) is 0 Å². The predicted molar refractivity (Wildman–Crippen MR) is 97.9 cm³/mol. The van der Waals surface area contributed by atoms with E-state index in [1.807, 2.05) is 28.8 Å². The maximum atomic E-state index is 12.9. The van der Waals surface area contributed by atoms with Crippen LogP contribution in [-0.2, 0) is 12.8 Å². The molecule has 7 nitrogen and oxygen atoms in total. The van der Waals surface area contributed by atoms with Crippen LogP contribution in [0.2, 0.25) is 0 Å². The van der Waals surface area contributed by atoms with Crippen LogP contribution in [-0.4, -0.2) is 30.7 Å². The van der Waals surface area contributed by atoms with Crippen molar-refractivity contribution in [1.29, 1.82) is 0 Å². The van der Waals surface area contributed by atoms with Gasteiger partial charge in [-0.05, 0) is 50.2 Å². The molecular formula is C19H24N6O. The summed E-state index contributed by atoms with van der Waals surface area (Å²) >= 11 is 0. The van der Waals surface area contributed by atoms with E-state index in [4.69, 9.17) is 0 Å². The number of hydrogen-bond acceptors (Lipinski definition) is 4. The summed E-state index contributed by atoms with van der Waals surface area (Å²) in [6.45, 7) is 4.28. The van der Waals surface area contributed by atoms with Crippen LogP contribution in [0.25, 0.3) is 5.65 Å². The molecule has 2 N–H and O–H groups in total. The molecule has 0 saturated heterocycles. The third-order valence-electron chi connectivity index (χ3n) is 4.94. The molecule has 0 radical (unpaired) electrons. The maximum Gasteiger partial charge on any atom is 0.272 e. The number of pyridine rings is 1. The van der Waals surface area contributed by atoms with E-state index in [9.17, 15) is 4.79 Å². The van der Waals surface area contributed by atoms with E-state index >= 15 is 0 Å². The molecule has 4 rings (SSSR count). The van der Waals surface area contributed by atoms with Gasteiger partial charge in [0.15, 0.2) is 17.2 Å². The summed E-state index contributed by atoms with van der Waals surface area (Å²) in [5.41, 5.74) is 3.49. The van der Waals surface area contributed by atoms with Gasteiger partial charge in [-0.3, -0.25) is 14.3 Å². The Kier molecular flexibility index (Phi) is 4.44. The van der Waals surface area contributed by atoms with Gasteiger partial charge in [0.2, 0.25) is 0 Å². The van der Waals surface area contributed by atoms with Crippen LogP contribution in [0.15, 0.2) is 24.4 Å². The Morgan fingerprint density at radius 3 is 2.96 bits per heavy atom. The van der Waals surface area contributed by atoms with Gasteiger partial charge in [-0.15, -0.1) is 10.2 Å². The van der Waals surface area contributed by atoms with Crippen molar-refractivity contribution in [3.8, 4) is 0 Å². The molecular weight excluding hydrogens is 328 g/mol. The second-order valence-electron chi connectivity index (χ2n) is 7.38. The topological polar surface area (TPSA) is 88.0 Å². The van der Waals surface area contributed by atoms with E-state index < -0.39 is 0 Å². The summed E-state index contributed by atoms with van der Waals surface area (Å²) < 4.78 is 1.94. The van der Waals surface area contributed by atoms with Crippen molar-refractivity contribution in [2.75, 3.05) is 0 Å². The first-order chi connectivity index (χ1) is 12.6. The fourth-order valence-corrected chi connectivity index (χ4v) is 3.69. The average molecular weight is 352 g/mol. The number of H-pyrrole nitrogens is 1. The minimum Gasteiger partial charge on any atom is -0.341 e. The number of hydrogen-bond donors (Lipinski definition) is 2. The van der Waals surface area contributed by atoms with Crippen LogP contribution in [0, 0.1) is 5.92 Å². The summed E-state index contributed by atoms with van der Waals surface area (Å²) in [6, 6.07) is 5.57. The molecule has 3 aromatic heterocycles. The van der Waals surface area contributed by atoms with E-state index in [0.717, 1.165) is 54.8 Å². The number of carbonyl (C=O) groups is 1. The Hall–Kier alpha value is -2.70. The third kappa shape index (κ3) is 3.09. The average Bonchev–Trinajstić information content (AvgIpc) is 3.25. The third-order valence-corrected chi connectivity index (χ3v) is 4.94. The number of aryl methyl sites for hydroxylation is 1. The van der Waals surface area contributed by atoms with Crippen molar-refractivity contribution >= 4 is 11.6 Å². The second-order valence-corrected chi connectivity index (χ2v) is 7.38. The predicted octanol–water partition coefficient (Wildman–Crippen LogP) is 2.85. The number of nitrogens with one attached hydrogen (secondary N) is 2. The Labute approximate surface area is 152 Å². The standard InChI is InChI=1S/C19H24N6O/c1-12(2)11-15(18-24-22-16-9-5-6-10-25(16)18)20-19(26)17-13-7-3-4-8-14(13)21-23-17/h5-6,9-10,12,15H,3-4,7-8,11H2,1-2H3,(H,20,26)(H,21,23). The number of rotatable bonds is 5. The monoisotopic (exact) mass is 352 g/mol. The molecule has 3 aromatic rings. The molecule has 0 saturated carbocycles. The highest BCUT2D eigenvalue weighted by molar-refractivity contribution is 5.94. The number of aromatic amines is 1. The largest absolute Gasteiger partial charge is 0.341 e. The lowest BCUT2D eigenvalue weighted by Gasteiger charge is -2.19. The fourth-order valence-electron chi connectivity index (χ4n) is 3.69. The minimum absolute atomic E-state index is 0.136. The van der Waals surface area contributed by atoms with E-state index in [1.54, 1.807) is 0 Å². The number of fused-ring (bicyclic) bond motifs is 2. The first-order valence-electron chi connectivity index (χ1n) is 9.30. The van der Waals surface area contributed by atoms with Crippen molar-refractivity contribution in [2.45, 2.75) is 52.0 Å². The van der Waals surface area contributed by atoms with Gasteiger partial charge < -0.3 is 5.32 Å². The number of carbonyl (C=O) groups excluding carboxylic acids is 1. The Balaban J connectivity index is 1.63. The molecule has 7 heteroatoms. The second kappa shape index (κ2) is 6.90. The molecule has 1 atom stereocenters. The van der Waals surface area contributed by atoms with Crippen LogP contribution in [0.3, 0.4) is 0 Å². The molecule has 0 aromatic carbocycles. The number of nitrogens with zero attached hydrogens (tertiary/aromatic N) is 4. The SMILES string of the molecule is CC(C)CC(NC(=O)c1n[nH]c2c1CCCC2)c1nnc2ccccn12. The molecule has 0 fully saturated rings. The van der Waals surface area contributed by atoms with Gasteiger partial charge in [0.25, 0.3) is 5.91 Å². The van der Waals surface area contributed by atoms with Gasteiger partial charge in [-0.1, -0.05) is 19.9 Å². The lowest BCUT2D eigenvalue weighted by molar-refractivity contribution is 0.0923. The Bertz CT molecular complexity index is 925. The quantitative estimate of drug-likeness (QED) is 0.739. The molecule has 1 aliphatic carbocycles. The Morgan fingerprint density at radius 1 is 1.27 bits per heavy atom. The Morgan fingerprint density at radius 2 is 2.12 bits per heavy atom. The molecule has 1 aliphatic rings. The smallest absolute Gasteiger partial charge is 0.272 e. The molecule has 3 heterocycles. The zero-order valence-electron chi connectivity index (χ0n) is 15.2. The molecule has 26 heavy (non-hydrogen) atoms. The van der Waals surface area contributed by atoms with Crippen molar-refractivity contribution in [2.24, 2.45) is 5.92 Å². The molecule has 1 unspecified atom stereocenters. The van der Waals surface area contributed by atoms with Crippen molar-refractivity contribution in [1.82, 2.24) is 30.1 Å². The van der Waals surface area contributed by atoms with E-state index in [1.165, 1.54) is 0 Å². The van der Waals surface area contributed by atoms with Crippen LogP contribution in [0.1, 0.15) is 66.7 Å². The van der Waals surface area contributed by atoms with Gasteiger partial charge in [0, 0.05) is 17.5 Å². The first-order valence-corrected chi connectivity index (χ1v) is 9.30. The number of amides is 1. The highest BCUT2D eigenvalue weighted by atomic mass is 16.2. The van der Waals surface area contributed by atoms with Gasteiger partial charge in [-0.2, -0.15) is 5.10 Å². The van der Waals surface area contributed by atoms with Gasteiger partial charge >= 0.3 is 0 Å². The summed E-state index contributed by atoms with van der Waals surface area (Å²) in [5, 5.41) is 19.1. The summed E-state index contributed by atoms with van der Waals surface area (Å²) in [6.07, 6.45) is 6.86. The van der Waals surface area contributed by atoms with Gasteiger partial charge in [0.05, 0.1) is 6.04 Å². The molecule has 136 valence electrons. The lowest BCUT2D eigenvalue weighted by Crippen LogP contribution is -2.32. The van der Waals surface area contributed by atoms with E-state index in [0.29, 0.717) is 11.6 Å². The molecule has 1 amide bonds. The van der Waals surface area contributed by atoms with Crippen molar-refractivity contribution < 1.29 is 4.79 Å². The van der Waals surface area contributed by atoms with E-state index in [2.05, 4.69) is 39.6 Å². The minimum atomic E-state index is -0.212. The van der Waals surface area contributed by atoms with Crippen LogP contribution >= 0.6 is 0 Å². The molecule has 0 bridgehead atoms. The summed E-state index contributed by atoms with van der Waals surface area (Å²) in [4.78, 5) is 12.9. The molecule has 0 spiro atoms. The van der Waals surface area contributed by atoms with E-state index in [-0.39, 0.29) is 11.9 Å². The van der Waals surface area contributed by atoms with Crippen LogP contribution < -0.4 is 5.32 Å². The normalized spacial score (nSPS) is 15.2. The van der Waals surface area contributed by atoms with Gasteiger partial charge in [-0.25, -0.2) is 0 Å². The molecule has 0 aliphatic heterocycles. The summed E-state index contributed by atoms with van der Waals surface area (Å²) in [7, 11) is 0. The maximum absolute atomic E-state index is 12.9. The zero-order chi connectivity index (χ0) is 18.1. The highest BCUT2D eigenvalue weighted by Crippen LogP contribution is 2.24. The first kappa shape index (κ1) is 16.8. The van der Waals surface area contributed by atoms with Crippen molar-refractivity contribution in [3.63, 3.8) is 0 Å². The number of aromatic nitrogens is 5. The van der Waals surface area contributed by atoms with Crippen LogP contribution in [0.5, 0.6) is 0 Å². The fraction of sp³-hybridized carbons (Fsp3) is 0.474. The lowest BCUT2D eigenvalue weighted by atomic mass is 9.95. The summed E-state index contributed by atoms with van der Waals surface area (Å²) in [5.74, 6) is 1.03. The van der Waals surface area contributed by atoms with Gasteiger partial charge in [0.1, 0.15) is 0 Å².